The minimum absolute atomic E-state index is 0.321. The van der Waals surface area contributed by atoms with Crippen molar-refractivity contribution in [3.05, 3.63) is 76.7 Å². The smallest absolute Gasteiger partial charge is 0.226 e. The molecule has 0 radical (unpaired) electrons. The van der Waals surface area contributed by atoms with E-state index in [1.165, 1.54) is 0 Å². The molecule has 4 heteroatoms. The van der Waals surface area contributed by atoms with E-state index >= 15 is 0 Å². The molecule has 1 aliphatic rings. The summed E-state index contributed by atoms with van der Waals surface area (Å²) in [6, 6.07) is 15.0. The third kappa shape index (κ3) is 1.89. The van der Waals surface area contributed by atoms with Crippen molar-refractivity contribution in [3.63, 3.8) is 0 Å². The number of aromatic nitrogens is 1. The first-order valence-electron chi connectivity index (χ1n) is 7.18. The van der Waals surface area contributed by atoms with E-state index in [0.717, 1.165) is 11.1 Å². The third-order valence-electron chi connectivity index (χ3n) is 4.07. The Morgan fingerprint density at radius 1 is 0.909 bits per heavy atom. The van der Waals surface area contributed by atoms with Crippen molar-refractivity contribution in [2.75, 3.05) is 0 Å². The molecular formula is C18H15NO3. The highest BCUT2D eigenvalue weighted by molar-refractivity contribution is 5.56. The molecule has 4 rings (SSSR count). The van der Waals surface area contributed by atoms with Gasteiger partial charge in [-0.1, -0.05) is 42.0 Å². The lowest BCUT2D eigenvalue weighted by Gasteiger charge is -2.23. The summed E-state index contributed by atoms with van der Waals surface area (Å²) in [6.07, 6.45) is -1.78. The Morgan fingerprint density at radius 3 is 2.23 bits per heavy atom. The summed E-state index contributed by atoms with van der Waals surface area (Å²) < 4.78 is 5.75. The molecule has 4 nitrogen and oxygen atoms in total. The Morgan fingerprint density at radius 2 is 1.55 bits per heavy atom. The SMILES string of the molecule is Cc1ccc(-c2nc3c(o2)C(O)c2ccccc2C3O)cc1. The molecule has 22 heavy (non-hydrogen) atoms. The summed E-state index contributed by atoms with van der Waals surface area (Å²) in [5.74, 6) is 0.734. The van der Waals surface area contributed by atoms with Crippen LogP contribution in [0, 0.1) is 6.92 Å². The van der Waals surface area contributed by atoms with E-state index in [2.05, 4.69) is 4.98 Å². The van der Waals surface area contributed by atoms with Crippen LogP contribution in [0.3, 0.4) is 0 Å². The molecule has 1 aliphatic carbocycles. The van der Waals surface area contributed by atoms with Crippen molar-refractivity contribution >= 4 is 0 Å². The molecule has 2 unspecified atom stereocenters. The van der Waals surface area contributed by atoms with Gasteiger partial charge in [0.05, 0.1) is 0 Å². The quantitative estimate of drug-likeness (QED) is 0.723. The second-order valence-corrected chi connectivity index (χ2v) is 5.57. The van der Waals surface area contributed by atoms with Crippen LogP contribution < -0.4 is 0 Å². The maximum atomic E-state index is 10.5. The van der Waals surface area contributed by atoms with Crippen molar-refractivity contribution < 1.29 is 14.6 Å². The second-order valence-electron chi connectivity index (χ2n) is 5.57. The first kappa shape index (κ1) is 13.2. The molecule has 0 saturated heterocycles. The van der Waals surface area contributed by atoms with Crippen LogP contribution in [0.2, 0.25) is 0 Å². The summed E-state index contributed by atoms with van der Waals surface area (Å²) in [7, 11) is 0. The van der Waals surface area contributed by atoms with Crippen LogP contribution in [0.1, 0.15) is 40.4 Å². The molecule has 0 spiro atoms. The zero-order valence-electron chi connectivity index (χ0n) is 12.0. The van der Waals surface area contributed by atoms with Gasteiger partial charge in [-0.25, -0.2) is 4.98 Å². The van der Waals surface area contributed by atoms with Crippen molar-refractivity contribution in [3.8, 4) is 11.5 Å². The minimum Gasteiger partial charge on any atom is -0.438 e. The standard InChI is InChI=1S/C18H15NO3/c1-10-6-8-11(9-7-10)18-19-14-15(20)12-4-2-3-5-13(12)16(21)17(14)22-18/h2-9,15-16,20-21H,1H3. The molecule has 0 fully saturated rings. The van der Waals surface area contributed by atoms with E-state index in [1.807, 2.05) is 43.3 Å². The Balaban J connectivity index is 1.84. The molecule has 2 aromatic carbocycles. The molecule has 0 amide bonds. The van der Waals surface area contributed by atoms with Gasteiger partial charge in [-0.15, -0.1) is 0 Å². The van der Waals surface area contributed by atoms with Crippen molar-refractivity contribution in [1.82, 2.24) is 4.98 Å². The van der Waals surface area contributed by atoms with E-state index in [1.54, 1.807) is 12.1 Å². The van der Waals surface area contributed by atoms with Crippen LogP contribution in [0.5, 0.6) is 0 Å². The van der Waals surface area contributed by atoms with Gasteiger partial charge in [0.1, 0.15) is 17.9 Å². The van der Waals surface area contributed by atoms with Gasteiger partial charge in [-0.2, -0.15) is 0 Å². The molecule has 110 valence electrons. The molecule has 0 aliphatic heterocycles. The zero-order chi connectivity index (χ0) is 15.3. The molecule has 3 aromatic rings. The van der Waals surface area contributed by atoms with Crippen LogP contribution in [0.25, 0.3) is 11.5 Å². The van der Waals surface area contributed by atoms with Gasteiger partial charge in [0.2, 0.25) is 5.89 Å². The van der Waals surface area contributed by atoms with Crippen LogP contribution in [-0.2, 0) is 0 Å². The van der Waals surface area contributed by atoms with E-state index in [9.17, 15) is 10.2 Å². The number of aliphatic hydroxyl groups is 2. The first-order chi connectivity index (χ1) is 10.6. The summed E-state index contributed by atoms with van der Waals surface area (Å²) in [4.78, 5) is 4.40. The number of benzene rings is 2. The normalized spacial score (nSPS) is 19.6. The number of nitrogens with zero attached hydrogens (tertiary/aromatic N) is 1. The number of rotatable bonds is 1. The van der Waals surface area contributed by atoms with E-state index in [4.69, 9.17) is 4.42 Å². The zero-order valence-corrected chi connectivity index (χ0v) is 12.0. The van der Waals surface area contributed by atoms with Gasteiger partial charge in [-0.05, 0) is 30.2 Å². The summed E-state index contributed by atoms with van der Waals surface area (Å²) in [6.45, 7) is 2.01. The number of fused-ring (bicyclic) bond motifs is 2. The largest absolute Gasteiger partial charge is 0.438 e. The number of oxazole rings is 1. The third-order valence-corrected chi connectivity index (χ3v) is 4.07. The average molecular weight is 293 g/mol. The minimum atomic E-state index is -0.902. The summed E-state index contributed by atoms with van der Waals surface area (Å²) >= 11 is 0. The maximum absolute atomic E-state index is 10.5. The fraction of sp³-hybridized carbons (Fsp3) is 0.167. The molecule has 2 atom stereocenters. The number of aliphatic hydroxyl groups excluding tert-OH is 2. The summed E-state index contributed by atoms with van der Waals surface area (Å²) in [5.41, 5.74) is 3.69. The molecule has 1 heterocycles. The van der Waals surface area contributed by atoms with Crippen molar-refractivity contribution in [1.29, 1.82) is 0 Å². The van der Waals surface area contributed by atoms with Crippen molar-refractivity contribution in [2.24, 2.45) is 0 Å². The topological polar surface area (TPSA) is 66.5 Å². The monoisotopic (exact) mass is 293 g/mol. The van der Waals surface area contributed by atoms with E-state index in [-0.39, 0.29) is 0 Å². The lowest BCUT2D eigenvalue weighted by molar-refractivity contribution is 0.151. The van der Waals surface area contributed by atoms with Crippen LogP contribution in [0.15, 0.2) is 52.9 Å². The fourth-order valence-corrected chi connectivity index (χ4v) is 2.85. The Bertz CT molecular complexity index is 789. The van der Waals surface area contributed by atoms with Gasteiger partial charge in [0, 0.05) is 5.56 Å². The second kappa shape index (κ2) is 4.80. The fourth-order valence-electron chi connectivity index (χ4n) is 2.85. The first-order valence-corrected chi connectivity index (χ1v) is 7.18. The molecule has 1 aromatic heterocycles. The van der Waals surface area contributed by atoms with Crippen molar-refractivity contribution in [2.45, 2.75) is 19.1 Å². The predicted octanol–water partition coefficient (Wildman–Crippen LogP) is 3.13. The van der Waals surface area contributed by atoms with Crippen LogP contribution in [-0.4, -0.2) is 15.2 Å². The van der Waals surface area contributed by atoms with Gasteiger partial charge in [-0.3, -0.25) is 0 Å². The number of aryl methyl sites for hydroxylation is 1. The van der Waals surface area contributed by atoms with Gasteiger partial charge in [0.25, 0.3) is 0 Å². The number of hydrogen-bond donors (Lipinski definition) is 2. The Hall–Kier alpha value is -2.43. The van der Waals surface area contributed by atoms with E-state index in [0.29, 0.717) is 28.5 Å². The molecule has 2 N–H and O–H groups in total. The van der Waals surface area contributed by atoms with Crippen LogP contribution in [0.4, 0.5) is 0 Å². The summed E-state index contributed by atoms with van der Waals surface area (Å²) in [5, 5.41) is 21.0. The lowest BCUT2D eigenvalue weighted by Crippen LogP contribution is -2.16. The van der Waals surface area contributed by atoms with Gasteiger partial charge in [0.15, 0.2) is 5.76 Å². The van der Waals surface area contributed by atoms with E-state index < -0.39 is 12.2 Å². The Kier molecular flexibility index (Phi) is 2.89. The van der Waals surface area contributed by atoms with Crippen LogP contribution >= 0.6 is 0 Å². The van der Waals surface area contributed by atoms with Gasteiger partial charge >= 0.3 is 0 Å². The molecule has 0 saturated carbocycles. The highest BCUT2D eigenvalue weighted by atomic mass is 16.4. The highest BCUT2D eigenvalue weighted by Gasteiger charge is 2.35. The Labute approximate surface area is 127 Å². The predicted molar refractivity (Wildman–Crippen MR) is 81.2 cm³/mol. The highest BCUT2D eigenvalue weighted by Crippen LogP contribution is 2.42. The number of hydrogen-bond acceptors (Lipinski definition) is 4. The lowest BCUT2D eigenvalue weighted by atomic mass is 9.88. The van der Waals surface area contributed by atoms with Gasteiger partial charge < -0.3 is 14.6 Å². The molecular weight excluding hydrogens is 278 g/mol. The molecule has 0 bridgehead atoms. The average Bonchev–Trinajstić information content (AvgIpc) is 2.99. The maximum Gasteiger partial charge on any atom is 0.226 e.